The van der Waals surface area contributed by atoms with Crippen molar-refractivity contribution in [1.29, 1.82) is 0 Å². The van der Waals surface area contributed by atoms with E-state index in [0.29, 0.717) is 11.0 Å². The van der Waals surface area contributed by atoms with Gasteiger partial charge in [-0.3, -0.25) is 0 Å². The molecule has 1 fully saturated rings. The Morgan fingerprint density at radius 1 is 1.53 bits per heavy atom. The predicted octanol–water partition coefficient (Wildman–Crippen LogP) is 3.75. The fourth-order valence-electron chi connectivity index (χ4n) is 2.06. The monoisotopic (exact) mass is 297 g/mol. The minimum Gasteiger partial charge on any atom is -0.478 e. The smallest absolute Gasteiger partial charge is 0.335 e. The molecule has 1 aliphatic rings. The van der Waals surface area contributed by atoms with Crippen LogP contribution in [0.1, 0.15) is 36.5 Å². The molecule has 1 aromatic rings. The van der Waals surface area contributed by atoms with Gasteiger partial charge in [-0.15, -0.1) is 0 Å². The largest absolute Gasteiger partial charge is 0.478 e. The van der Waals surface area contributed by atoms with Crippen LogP contribution in [0.5, 0.6) is 0 Å². The van der Waals surface area contributed by atoms with E-state index in [1.807, 2.05) is 6.07 Å². The lowest BCUT2D eigenvalue weighted by atomic mass is 9.70. The standard InChI is InChI=1S/C13H16BrNO2/c1-13(5-2-6-13)8-15-11-4-3-9(12(16)17)7-10(11)14/h3-4,7,15H,2,5-6,8H2,1H3,(H,16,17). The molecule has 0 saturated heterocycles. The van der Waals surface area contributed by atoms with Crippen LogP contribution >= 0.6 is 15.9 Å². The summed E-state index contributed by atoms with van der Waals surface area (Å²) < 4.78 is 0.806. The van der Waals surface area contributed by atoms with Crippen molar-refractivity contribution in [3.8, 4) is 0 Å². The van der Waals surface area contributed by atoms with E-state index >= 15 is 0 Å². The van der Waals surface area contributed by atoms with E-state index in [-0.39, 0.29) is 0 Å². The molecule has 0 aliphatic heterocycles. The Labute approximate surface area is 109 Å². The molecule has 17 heavy (non-hydrogen) atoms. The van der Waals surface area contributed by atoms with Crippen molar-refractivity contribution in [2.24, 2.45) is 5.41 Å². The van der Waals surface area contributed by atoms with Crippen molar-refractivity contribution in [3.63, 3.8) is 0 Å². The first-order valence-electron chi connectivity index (χ1n) is 5.77. The Morgan fingerprint density at radius 3 is 2.71 bits per heavy atom. The molecular weight excluding hydrogens is 282 g/mol. The van der Waals surface area contributed by atoms with Gasteiger partial charge in [0, 0.05) is 16.7 Å². The van der Waals surface area contributed by atoms with Gasteiger partial charge in [0.05, 0.1) is 5.56 Å². The zero-order valence-corrected chi connectivity index (χ0v) is 11.4. The summed E-state index contributed by atoms with van der Waals surface area (Å²) in [6.45, 7) is 3.22. The van der Waals surface area contributed by atoms with Crippen molar-refractivity contribution < 1.29 is 9.90 Å². The van der Waals surface area contributed by atoms with Crippen LogP contribution in [0.4, 0.5) is 5.69 Å². The van der Waals surface area contributed by atoms with Crippen molar-refractivity contribution in [1.82, 2.24) is 0 Å². The first kappa shape index (κ1) is 12.4. The minimum atomic E-state index is -0.900. The molecule has 0 amide bonds. The summed E-state index contributed by atoms with van der Waals surface area (Å²) >= 11 is 3.40. The Kier molecular flexibility index (Phi) is 3.43. The Balaban J connectivity index is 2.03. The topological polar surface area (TPSA) is 49.3 Å². The first-order chi connectivity index (χ1) is 8.00. The summed E-state index contributed by atoms with van der Waals surface area (Å²) in [5.74, 6) is -0.900. The maximum Gasteiger partial charge on any atom is 0.335 e. The highest BCUT2D eigenvalue weighted by Crippen LogP contribution is 2.40. The van der Waals surface area contributed by atoms with Crippen LogP contribution in [-0.2, 0) is 0 Å². The SMILES string of the molecule is CC1(CNc2ccc(C(=O)O)cc2Br)CCC1. The summed E-state index contributed by atoms with van der Waals surface area (Å²) in [6, 6.07) is 5.07. The second-order valence-electron chi connectivity index (χ2n) is 5.02. The van der Waals surface area contributed by atoms with Crippen LogP contribution in [0, 0.1) is 5.41 Å². The third kappa shape index (κ3) is 2.80. The lowest BCUT2D eigenvalue weighted by Gasteiger charge is -2.38. The Hall–Kier alpha value is -1.03. The summed E-state index contributed by atoms with van der Waals surface area (Å²) in [5.41, 5.74) is 1.67. The van der Waals surface area contributed by atoms with Gasteiger partial charge in [-0.05, 0) is 52.4 Å². The van der Waals surface area contributed by atoms with Gasteiger partial charge in [-0.25, -0.2) is 4.79 Å². The van der Waals surface area contributed by atoms with E-state index in [1.165, 1.54) is 19.3 Å². The second kappa shape index (κ2) is 4.69. The number of rotatable bonds is 4. The maximum absolute atomic E-state index is 10.8. The van der Waals surface area contributed by atoms with Gasteiger partial charge in [0.15, 0.2) is 0 Å². The van der Waals surface area contributed by atoms with Crippen molar-refractivity contribution in [2.75, 3.05) is 11.9 Å². The molecule has 0 radical (unpaired) electrons. The number of hydrogen-bond acceptors (Lipinski definition) is 2. The van der Waals surface area contributed by atoms with Gasteiger partial charge in [0.25, 0.3) is 0 Å². The van der Waals surface area contributed by atoms with Gasteiger partial charge in [-0.2, -0.15) is 0 Å². The average Bonchev–Trinajstić information content (AvgIpc) is 2.24. The molecule has 2 N–H and O–H groups in total. The van der Waals surface area contributed by atoms with Crippen LogP contribution in [-0.4, -0.2) is 17.6 Å². The molecule has 2 rings (SSSR count). The normalized spacial score (nSPS) is 17.3. The number of hydrogen-bond donors (Lipinski definition) is 2. The van der Waals surface area contributed by atoms with E-state index < -0.39 is 5.97 Å². The molecule has 92 valence electrons. The number of aromatic carboxylic acids is 1. The number of carbonyl (C=O) groups is 1. The van der Waals surface area contributed by atoms with Crippen LogP contribution in [0.3, 0.4) is 0 Å². The lowest BCUT2D eigenvalue weighted by molar-refractivity contribution is 0.0697. The van der Waals surface area contributed by atoms with E-state index in [4.69, 9.17) is 5.11 Å². The zero-order chi connectivity index (χ0) is 12.5. The van der Waals surface area contributed by atoms with Crippen LogP contribution in [0.25, 0.3) is 0 Å². The molecular formula is C13H16BrNO2. The fourth-order valence-corrected chi connectivity index (χ4v) is 2.58. The predicted molar refractivity (Wildman–Crippen MR) is 71.5 cm³/mol. The summed E-state index contributed by atoms with van der Waals surface area (Å²) in [6.07, 6.45) is 3.85. The van der Waals surface area contributed by atoms with Crippen LogP contribution < -0.4 is 5.32 Å². The lowest BCUT2D eigenvalue weighted by Crippen LogP contribution is -2.33. The quantitative estimate of drug-likeness (QED) is 0.890. The van der Waals surface area contributed by atoms with E-state index in [1.54, 1.807) is 12.1 Å². The number of nitrogens with one attached hydrogen (secondary N) is 1. The maximum atomic E-state index is 10.8. The number of carboxylic acid groups (broad SMARTS) is 1. The molecule has 0 bridgehead atoms. The highest BCUT2D eigenvalue weighted by atomic mass is 79.9. The Morgan fingerprint density at radius 2 is 2.24 bits per heavy atom. The summed E-state index contributed by atoms with van der Waals surface area (Å²) in [7, 11) is 0. The molecule has 0 unspecified atom stereocenters. The molecule has 3 nitrogen and oxygen atoms in total. The third-order valence-corrected chi connectivity index (χ3v) is 4.14. The van der Waals surface area contributed by atoms with Gasteiger partial charge in [-0.1, -0.05) is 13.3 Å². The van der Waals surface area contributed by atoms with Gasteiger partial charge < -0.3 is 10.4 Å². The van der Waals surface area contributed by atoms with Crippen molar-refractivity contribution in [2.45, 2.75) is 26.2 Å². The van der Waals surface area contributed by atoms with Gasteiger partial charge in [0.1, 0.15) is 0 Å². The molecule has 4 heteroatoms. The molecule has 0 aromatic heterocycles. The number of halogens is 1. The fraction of sp³-hybridized carbons (Fsp3) is 0.462. The number of benzene rings is 1. The first-order valence-corrected chi connectivity index (χ1v) is 6.56. The van der Waals surface area contributed by atoms with Crippen LogP contribution in [0.15, 0.2) is 22.7 Å². The molecule has 0 spiro atoms. The molecule has 1 saturated carbocycles. The molecule has 1 aliphatic carbocycles. The third-order valence-electron chi connectivity index (χ3n) is 3.48. The number of carboxylic acids is 1. The molecule has 0 atom stereocenters. The Bertz CT molecular complexity index is 441. The van der Waals surface area contributed by atoms with Gasteiger partial charge in [0.2, 0.25) is 0 Å². The highest BCUT2D eigenvalue weighted by Gasteiger charge is 2.31. The molecule has 0 heterocycles. The van der Waals surface area contributed by atoms with Crippen molar-refractivity contribution >= 4 is 27.6 Å². The summed E-state index contributed by atoms with van der Waals surface area (Å²) in [5, 5.41) is 12.2. The van der Waals surface area contributed by atoms with E-state index in [9.17, 15) is 4.79 Å². The zero-order valence-electron chi connectivity index (χ0n) is 9.79. The van der Waals surface area contributed by atoms with Crippen LogP contribution in [0.2, 0.25) is 0 Å². The minimum absolute atomic E-state index is 0.303. The number of anilines is 1. The molecule has 1 aromatic carbocycles. The van der Waals surface area contributed by atoms with Crippen molar-refractivity contribution in [3.05, 3.63) is 28.2 Å². The average molecular weight is 298 g/mol. The van der Waals surface area contributed by atoms with E-state index in [2.05, 4.69) is 28.2 Å². The van der Waals surface area contributed by atoms with Gasteiger partial charge >= 0.3 is 5.97 Å². The highest BCUT2D eigenvalue weighted by molar-refractivity contribution is 9.10. The second-order valence-corrected chi connectivity index (χ2v) is 5.87. The van der Waals surface area contributed by atoms with E-state index in [0.717, 1.165) is 16.7 Å². The summed E-state index contributed by atoms with van der Waals surface area (Å²) in [4.78, 5) is 10.8.